The van der Waals surface area contributed by atoms with Crippen molar-refractivity contribution in [3.05, 3.63) is 64.2 Å². The van der Waals surface area contributed by atoms with E-state index in [-0.39, 0.29) is 25.2 Å². The Morgan fingerprint density at radius 1 is 1.11 bits per heavy atom. The fourth-order valence-corrected chi connectivity index (χ4v) is 3.31. The second-order valence-corrected chi connectivity index (χ2v) is 7.01. The van der Waals surface area contributed by atoms with Crippen LogP contribution in [-0.4, -0.2) is 25.1 Å². The van der Waals surface area contributed by atoms with E-state index in [1.54, 1.807) is 12.1 Å². The molecule has 5 nitrogen and oxygen atoms in total. The minimum absolute atomic E-state index is 0.226. The lowest BCUT2D eigenvalue weighted by atomic mass is 10.1. The molecule has 0 unspecified atom stereocenters. The number of aryl methyl sites for hydroxylation is 2. The highest BCUT2D eigenvalue weighted by molar-refractivity contribution is 6.30. The number of carbonyl (C=O) groups is 2. The van der Waals surface area contributed by atoms with Gasteiger partial charge in [0, 0.05) is 5.02 Å². The largest absolute Gasteiger partial charge is 0.482 e. The normalized spacial score (nSPS) is 13.6. The molecule has 0 spiro atoms. The van der Waals surface area contributed by atoms with Gasteiger partial charge in [0.15, 0.2) is 13.2 Å². The van der Waals surface area contributed by atoms with Gasteiger partial charge in [-0.3, -0.25) is 4.79 Å². The molecule has 1 atom stereocenters. The van der Waals surface area contributed by atoms with Crippen LogP contribution in [0.4, 0.5) is 0 Å². The van der Waals surface area contributed by atoms with Gasteiger partial charge in [0.05, 0.1) is 6.04 Å². The Morgan fingerprint density at radius 2 is 1.93 bits per heavy atom. The van der Waals surface area contributed by atoms with Crippen molar-refractivity contribution in [3.63, 3.8) is 0 Å². The summed E-state index contributed by atoms with van der Waals surface area (Å²) < 4.78 is 10.4. The molecule has 0 saturated carbocycles. The summed E-state index contributed by atoms with van der Waals surface area (Å²) >= 11 is 5.95. The van der Waals surface area contributed by atoms with Gasteiger partial charge in [-0.05, 0) is 67.1 Å². The number of hydrogen-bond donors (Lipinski definition) is 1. The van der Waals surface area contributed by atoms with E-state index in [4.69, 9.17) is 21.1 Å². The van der Waals surface area contributed by atoms with Crippen LogP contribution in [0.3, 0.4) is 0 Å². The van der Waals surface area contributed by atoms with E-state index in [2.05, 4.69) is 5.32 Å². The molecule has 142 valence electrons. The van der Waals surface area contributed by atoms with Crippen molar-refractivity contribution in [2.24, 2.45) is 0 Å². The predicted octanol–water partition coefficient (Wildman–Crippen LogP) is 3.63. The first-order valence-electron chi connectivity index (χ1n) is 8.96. The van der Waals surface area contributed by atoms with Gasteiger partial charge in [-0.15, -0.1) is 0 Å². The topological polar surface area (TPSA) is 64.6 Å². The third-order valence-electron chi connectivity index (χ3n) is 4.52. The minimum Gasteiger partial charge on any atom is -0.482 e. The summed E-state index contributed by atoms with van der Waals surface area (Å²) in [4.78, 5) is 23.8. The SMILES string of the molecule is C[C@H](NC(=O)COC(=O)COc1ccc2c(c1)CCC2)c1cccc(Cl)c1. The Labute approximate surface area is 163 Å². The Kier molecular flexibility index (Phi) is 6.35. The number of esters is 1. The summed E-state index contributed by atoms with van der Waals surface area (Å²) in [5, 5.41) is 3.37. The smallest absolute Gasteiger partial charge is 0.344 e. The van der Waals surface area contributed by atoms with Crippen LogP contribution in [0.1, 0.15) is 36.1 Å². The fourth-order valence-electron chi connectivity index (χ4n) is 3.11. The molecule has 2 aromatic carbocycles. The second kappa shape index (κ2) is 8.91. The lowest BCUT2D eigenvalue weighted by Gasteiger charge is -2.14. The lowest BCUT2D eigenvalue weighted by Crippen LogP contribution is -2.31. The van der Waals surface area contributed by atoms with Gasteiger partial charge in [-0.1, -0.05) is 29.8 Å². The van der Waals surface area contributed by atoms with Crippen LogP contribution < -0.4 is 10.1 Å². The zero-order chi connectivity index (χ0) is 19.2. The van der Waals surface area contributed by atoms with Gasteiger partial charge in [0.1, 0.15) is 5.75 Å². The minimum atomic E-state index is -0.582. The Balaban J connectivity index is 1.40. The van der Waals surface area contributed by atoms with E-state index in [1.807, 2.05) is 37.3 Å². The van der Waals surface area contributed by atoms with E-state index in [9.17, 15) is 9.59 Å². The summed E-state index contributed by atoms with van der Waals surface area (Å²) in [6.45, 7) is 1.26. The van der Waals surface area contributed by atoms with Gasteiger partial charge < -0.3 is 14.8 Å². The Bertz CT molecular complexity index is 837. The molecule has 3 rings (SSSR count). The van der Waals surface area contributed by atoms with Crippen LogP contribution in [0.2, 0.25) is 5.02 Å². The third-order valence-corrected chi connectivity index (χ3v) is 4.75. The highest BCUT2D eigenvalue weighted by Gasteiger charge is 2.14. The first-order valence-corrected chi connectivity index (χ1v) is 9.34. The lowest BCUT2D eigenvalue weighted by molar-refractivity contribution is -0.150. The number of halogens is 1. The number of rotatable bonds is 7. The van der Waals surface area contributed by atoms with Gasteiger partial charge in [-0.2, -0.15) is 0 Å². The van der Waals surface area contributed by atoms with Gasteiger partial charge in [0.2, 0.25) is 0 Å². The van der Waals surface area contributed by atoms with Crippen molar-refractivity contribution in [2.45, 2.75) is 32.2 Å². The molecule has 0 saturated heterocycles. The van der Waals surface area contributed by atoms with Crippen LogP contribution >= 0.6 is 11.6 Å². The number of fused-ring (bicyclic) bond motifs is 1. The second-order valence-electron chi connectivity index (χ2n) is 6.58. The quantitative estimate of drug-likeness (QED) is 0.737. The molecule has 1 aliphatic carbocycles. The van der Waals surface area contributed by atoms with Crippen LogP contribution in [0.5, 0.6) is 5.75 Å². The molecule has 2 aromatic rings. The Hall–Kier alpha value is -2.53. The molecule has 0 bridgehead atoms. The van der Waals surface area contributed by atoms with Crippen molar-refractivity contribution >= 4 is 23.5 Å². The monoisotopic (exact) mass is 387 g/mol. The molecule has 27 heavy (non-hydrogen) atoms. The summed E-state index contributed by atoms with van der Waals surface area (Å²) in [5.41, 5.74) is 3.49. The molecule has 1 N–H and O–H groups in total. The van der Waals surface area contributed by atoms with Gasteiger partial charge in [-0.25, -0.2) is 4.79 Å². The van der Waals surface area contributed by atoms with E-state index in [1.165, 1.54) is 11.1 Å². The molecule has 1 amide bonds. The molecule has 0 radical (unpaired) electrons. The molecule has 0 heterocycles. The molecule has 0 aliphatic heterocycles. The van der Waals surface area contributed by atoms with Crippen molar-refractivity contribution < 1.29 is 19.1 Å². The zero-order valence-corrected chi connectivity index (χ0v) is 15.9. The Morgan fingerprint density at radius 3 is 2.74 bits per heavy atom. The molecule has 6 heteroatoms. The van der Waals surface area contributed by atoms with Crippen LogP contribution in [0, 0.1) is 0 Å². The molecular formula is C21H22ClNO4. The zero-order valence-electron chi connectivity index (χ0n) is 15.2. The predicted molar refractivity (Wildman–Crippen MR) is 103 cm³/mol. The summed E-state index contributed by atoms with van der Waals surface area (Å²) in [6, 6.07) is 12.9. The van der Waals surface area contributed by atoms with Crippen molar-refractivity contribution in [1.82, 2.24) is 5.32 Å². The number of amides is 1. The van der Waals surface area contributed by atoms with E-state index in [0.717, 1.165) is 24.8 Å². The number of carbonyl (C=O) groups excluding carboxylic acids is 2. The first kappa shape index (κ1) is 19.2. The first-order chi connectivity index (χ1) is 13.0. The maximum atomic E-state index is 12.0. The van der Waals surface area contributed by atoms with Crippen molar-refractivity contribution in [2.75, 3.05) is 13.2 Å². The van der Waals surface area contributed by atoms with Crippen LogP contribution in [0.15, 0.2) is 42.5 Å². The third kappa shape index (κ3) is 5.47. The number of hydrogen-bond acceptors (Lipinski definition) is 4. The molecule has 1 aliphatic rings. The fraction of sp³-hybridized carbons (Fsp3) is 0.333. The highest BCUT2D eigenvalue weighted by Crippen LogP contribution is 2.26. The van der Waals surface area contributed by atoms with Crippen molar-refractivity contribution in [3.8, 4) is 5.75 Å². The molecule has 0 aromatic heterocycles. The summed E-state index contributed by atoms with van der Waals surface area (Å²) in [7, 11) is 0. The highest BCUT2D eigenvalue weighted by atomic mass is 35.5. The van der Waals surface area contributed by atoms with Crippen LogP contribution in [-0.2, 0) is 27.2 Å². The van der Waals surface area contributed by atoms with E-state index in [0.29, 0.717) is 10.8 Å². The number of benzene rings is 2. The maximum Gasteiger partial charge on any atom is 0.344 e. The number of ether oxygens (including phenoxy) is 2. The van der Waals surface area contributed by atoms with Gasteiger partial charge in [0.25, 0.3) is 5.91 Å². The van der Waals surface area contributed by atoms with E-state index < -0.39 is 5.97 Å². The maximum absolute atomic E-state index is 12.0. The summed E-state index contributed by atoms with van der Waals surface area (Å²) in [6.07, 6.45) is 3.30. The number of nitrogens with one attached hydrogen (secondary N) is 1. The molecular weight excluding hydrogens is 366 g/mol. The van der Waals surface area contributed by atoms with E-state index >= 15 is 0 Å². The van der Waals surface area contributed by atoms with Gasteiger partial charge >= 0.3 is 5.97 Å². The average Bonchev–Trinajstić information content (AvgIpc) is 3.12. The standard InChI is InChI=1S/C21H22ClNO4/c1-14(16-5-3-7-18(22)10-16)23-20(24)12-27-21(25)13-26-19-9-8-15-4-2-6-17(15)11-19/h3,5,7-11,14H,2,4,6,12-13H2,1H3,(H,23,24)/t14-/m0/s1. The molecule has 0 fully saturated rings. The summed E-state index contributed by atoms with van der Waals surface area (Å²) in [5.74, 6) is -0.318. The van der Waals surface area contributed by atoms with Crippen LogP contribution in [0.25, 0.3) is 0 Å². The van der Waals surface area contributed by atoms with Crippen molar-refractivity contribution in [1.29, 1.82) is 0 Å². The average molecular weight is 388 g/mol.